The lowest BCUT2D eigenvalue weighted by molar-refractivity contribution is -0.0251. The molecule has 1 aliphatic heterocycles. The summed E-state index contributed by atoms with van der Waals surface area (Å²) < 4.78 is 16.2. The lowest BCUT2D eigenvalue weighted by Crippen LogP contribution is -2.45. The topological polar surface area (TPSA) is 48.0 Å². The Kier molecular flexibility index (Phi) is 5.44. The van der Waals surface area contributed by atoms with Crippen molar-refractivity contribution < 1.29 is 19.0 Å². The Morgan fingerprint density at radius 2 is 2.19 bits per heavy atom. The van der Waals surface area contributed by atoms with Gasteiger partial charge in [-0.25, -0.2) is 0 Å². The van der Waals surface area contributed by atoms with E-state index in [0.29, 0.717) is 36.8 Å². The molecule has 0 aliphatic carbocycles. The summed E-state index contributed by atoms with van der Waals surface area (Å²) in [5.74, 6) is 1.19. The van der Waals surface area contributed by atoms with E-state index in [-0.39, 0.29) is 12.0 Å². The minimum absolute atomic E-state index is 0.0323. The minimum atomic E-state index is -0.0323. The molecule has 2 rings (SSSR count). The summed E-state index contributed by atoms with van der Waals surface area (Å²) in [6.07, 6.45) is 2.15. The molecule has 1 aromatic carbocycles. The summed E-state index contributed by atoms with van der Waals surface area (Å²) >= 11 is 0. The van der Waals surface area contributed by atoms with Crippen LogP contribution in [-0.4, -0.2) is 50.8 Å². The molecule has 21 heavy (non-hydrogen) atoms. The van der Waals surface area contributed by atoms with E-state index in [1.165, 1.54) is 0 Å². The molecule has 1 amide bonds. The Morgan fingerprint density at radius 3 is 2.86 bits per heavy atom. The van der Waals surface area contributed by atoms with Crippen molar-refractivity contribution in [1.82, 2.24) is 4.90 Å². The molecule has 0 saturated carbocycles. The highest BCUT2D eigenvalue weighted by molar-refractivity contribution is 5.97. The van der Waals surface area contributed by atoms with Crippen LogP contribution < -0.4 is 9.47 Å². The third-order valence-electron chi connectivity index (χ3n) is 3.67. The maximum absolute atomic E-state index is 12.7. The molecular weight excluding hydrogens is 270 g/mol. The zero-order valence-corrected chi connectivity index (χ0v) is 12.9. The fraction of sp³-hybridized carbons (Fsp3) is 0.562. The molecule has 0 unspecified atom stereocenters. The highest BCUT2D eigenvalue weighted by atomic mass is 16.5. The van der Waals surface area contributed by atoms with Gasteiger partial charge in [0.15, 0.2) is 0 Å². The van der Waals surface area contributed by atoms with Crippen LogP contribution >= 0.6 is 0 Å². The first-order valence-corrected chi connectivity index (χ1v) is 7.32. The number of benzene rings is 1. The molecule has 0 N–H and O–H groups in total. The van der Waals surface area contributed by atoms with Gasteiger partial charge in [-0.1, -0.05) is 13.3 Å². The Morgan fingerprint density at radius 1 is 1.38 bits per heavy atom. The number of nitrogens with zero attached hydrogens (tertiary/aromatic N) is 1. The molecule has 1 aromatic rings. The molecule has 0 radical (unpaired) electrons. The largest absolute Gasteiger partial charge is 0.497 e. The first-order valence-electron chi connectivity index (χ1n) is 7.32. The predicted octanol–water partition coefficient (Wildman–Crippen LogP) is 2.34. The van der Waals surface area contributed by atoms with Gasteiger partial charge in [0, 0.05) is 13.1 Å². The van der Waals surface area contributed by atoms with Crippen LogP contribution in [0.3, 0.4) is 0 Å². The van der Waals surface area contributed by atoms with Gasteiger partial charge in [0.05, 0.1) is 32.5 Å². The number of carbonyl (C=O) groups is 1. The number of ether oxygens (including phenoxy) is 3. The van der Waals surface area contributed by atoms with Crippen LogP contribution in [0.2, 0.25) is 0 Å². The van der Waals surface area contributed by atoms with E-state index in [1.54, 1.807) is 32.4 Å². The highest BCUT2D eigenvalue weighted by Gasteiger charge is 2.26. The third kappa shape index (κ3) is 3.67. The van der Waals surface area contributed by atoms with Gasteiger partial charge in [0.2, 0.25) is 0 Å². The SMILES string of the molecule is CCC[C@@H]1CN(C(=O)c2cc(OC)ccc2OC)CCO1. The van der Waals surface area contributed by atoms with Gasteiger partial charge in [0.25, 0.3) is 5.91 Å². The van der Waals surface area contributed by atoms with Gasteiger partial charge >= 0.3 is 0 Å². The van der Waals surface area contributed by atoms with Gasteiger partial charge in [-0.3, -0.25) is 4.79 Å². The molecule has 5 nitrogen and oxygen atoms in total. The van der Waals surface area contributed by atoms with E-state index in [4.69, 9.17) is 14.2 Å². The summed E-state index contributed by atoms with van der Waals surface area (Å²) in [5, 5.41) is 0. The maximum atomic E-state index is 12.7. The average molecular weight is 293 g/mol. The monoisotopic (exact) mass is 293 g/mol. The molecule has 116 valence electrons. The molecule has 1 atom stereocenters. The van der Waals surface area contributed by atoms with Crippen molar-refractivity contribution in [3.63, 3.8) is 0 Å². The van der Waals surface area contributed by atoms with Crippen LogP contribution in [0.4, 0.5) is 0 Å². The number of carbonyl (C=O) groups excluding carboxylic acids is 1. The van der Waals surface area contributed by atoms with Crippen molar-refractivity contribution in [2.45, 2.75) is 25.9 Å². The Balaban J connectivity index is 2.18. The summed E-state index contributed by atoms with van der Waals surface area (Å²) in [4.78, 5) is 14.6. The number of morpholine rings is 1. The number of methoxy groups -OCH3 is 2. The second-order valence-electron chi connectivity index (χ2n) is 5.10. The first kappa shape index (κ1) is 15.6. The van der Waals surface area contributed by atoms with E-state index in [0.717, 1.165) is 12.8 Å². The minimum Gasteiger partial charge on any atom is -0.497 e. The van der Waals surface area contributed by atoms with Crippen molar-refractivity contribution in [3.8, 4) is 11.5 Å². The molecule has 5 heteroatoms. The van der Waals surface area contributed by atoms with Crippen molar-refractivity contribution in [3.05, 3.63) is 23.8 Å². The van der Waals surface area contributed by atoms with E-state index >= 15 is 0 Å². The smallest absolute Gasteiger partial charge is 0.257 e. The number of amides is 1. The molecule has 1 saturated heterocycles. The van der Waals surface area contributed by atoms with Gasteiger partial charge in [-0.2, -0.15) is 0 Å². The van der Waals surface area contributed by atoms with Crippen molar-refractivity contribution in [2.75, 3.05) is 33.9 Å². The van der Waals surface area contributed by atoms with Crippen molar-refractivity contribution in [1.29, 1.82) is 0 Å². The van der Waals surface area contributed by atoms with E-state index in [2.05, 4.69) is 6.92 Å². The van der Waals surface area contributed by atoms with Gasteiger partial charge in [0.1, 0.15) is 11.5 Å². The molecule has 0 spiro atoms. The normalized spacial score (nSPS) is 18.4. The second-order valence-corrected chi connectivity index (χ2v) is 5.10. The van der Waals surface area contributed by atoms with Crippen LogP contribution in [0.5, 0.6) is 11.5 Å². The fourth-order valence-corrected chi connectivity index (χ4v) is 2.55. The number of hydrogen-bond acceptors (Lipinski definition) is 4. The van der Waals surface area contributed by atoms with Crippen LogP contribution in [0, 0.1) is 0 Å². The van der Waals surface area contributed by atoms with Crippen LogP contribution in [0.25, 0.3) is 0 Å². The lowest BCUT2D eigenvalue weighted by atomic mass is 10.1. The summed E-state index contributed by atoms with van der Waals surface area (Å²) in [5.41, 5.74) is 0.536. The quantitative estimate of drug-likeness (QED) is 0.836. The fourth-order valence-electron chi connectivity index (χ4n) is 2.55. The lowest BCUT2D eigenvalue weighted by Gasteiger charge is -2.33. The zero-order valence-electron chi connectivity index (χ0n) is 12.9. The number of hydrogen-bond donors (Lipinski definition) is 0. The highest BCUT2D eigenvalue weighted by Crippen LogP contribution is 2.26. The number of rotatable bonds is 5. The summed E-state index contributed by atoms with van der Waals surface area (Å²) in [7, 11) is 3.15. The molecule has 1 aliphatic rings. The summed E-state index contributed by atoms with van der Waals surface area (Å²) in [6, 6.07) is 5.27. The Labute approximate surface area is 125 Å². The Hall–Kier alpha value is -1.75. The van der Waals surface area contributed by atoms with Crippen LogP contribution in [0.1, 0.15) is 30.1 Å². The van der Waals surface area contributed by atoms with Gasteiger partial charge in [-0.05, 0) is 24.6 Å². The first-order chi connectivity index (χ1) is 10.2. The molecule has 1 heterocycles. The van der Waals surface area contributed by atoms with E-state index in [9.17, 15) is 4.79 Å². The molecule has 0 bridgehead atoms. The van der Waals surface area contributed by atoms with E-state index in [1.807, 2.05) is 4.90 Å². The third-order valence-corrected chi connectivity index (χ3v) is 3.67. The standard InChI is InChI=1S/C16H23NO4/c1-4-5-13-11-17(8-9-21-13)16(18)14-10-12(19-2)6-7-15(14)20-3/h6-7,10,13H,4-5,8-9,11H2,1-3H3/t13-/m1/s1. The van der Waals surface area contributed by atoms with Gasteiger partial charge in [-0.15, -0.1) is 0 Å². The van der Waals surface area contributed by atoms with E-state index < -0.39 is 0 Å². The molecule has 1 fully saturated rings. The molecule has 0 aromatic heterocycles. The zero-order chi connectivity index (χ0) is 15.2. The van der Waals surface area contributed by atoms with Crippen LogP contribution in [0.15, 0.2) is 18.2 Å². The maximum Gasteiger partial charge on any atom is 0.257 e. The van der Waals surface area contributed by atoms with Crippen LogP contribution in [-0.2, 0) is 4.74 Å². The van der Waals surface area contributed by atoms with Crippen molar-refractivity contribution >= 4 is 5.91 Å². The Bertz CT molecular complexity index is 487. The summed E-state index contributed by atoms with van der Waals surface area (Å²) in [6.45, 7) is 3.95. The average Bonchev–Trinajstić information content (AvgIpc) is 2.54. The predicted molar refractivity (Wildman–Crippen MR) is 80.1 cm³/mol. The van der Waals surface area contributed by atoms with Gasteiger partial charge < -0.3 is 19.1 Å². The molecular formula is C16H23NO4. The van der Waals surface area contributed by atoms with Crippen molar-refractivity contribution in [2.24, 2.45) is 0 Å². The second kappa shape index (κ2) is 7.31.